The number of alkyl carbamates (subject to hydrolysis) is 1. The van der Waals surface area contributed by atoms with E-state index in [0.717, 1.165) is 38.9 Å². The molecule has 0 fully saturated rings. The molecule has 5 aromatic rings. The lowest BCUT2D eigenvalue weighted by Crippen LogP contribution is -2.36. The summed E-state index contributed by atoms with van der Waals surface area (Å²) in [5.41, 5.74) is 6.08. The van der Waals surface area contributed by atoms with Crippen molar-refractivity contribution in [3.63, 3.8) is 0 Å². The molecule has 0 aliphatic heterocycles. The number of hydrogen-bond donors (Lipinski definition) is 2. The lowest BCUT2D eigenvalue weighted by Gasteiger charge is -2.37. The van der Waals surface area contributed by atoms with Crippen LogP contribution in [0.2, 0.25) is 0 Å². The molecule has 0 heterocycles. The Kier molecular flexibility index (Phi) is 13.4. The quantitative estimate of drug-likeness (QED) is 0.0485. The van der Waals surface area contributed by atoms with Crippen LogP contribution in [0.5, 0.6) is 11.5 Å². The molecule has 0 spiro atoms. The van der Waals surface area contributed by atoms with Gasteiger partial charge in [0.25, 0.3) is 0 Å². The molecule has 1 amide bonds. The second-order valence-corrected chi connectivity index (χ2v) is 13.7. The maximum Gasteiger partial charge on any atom is 0.407 e. The molecule has 290 valence electrons. The van der Waals surface area contributed by atoms with Crippen LogP contribution in [0, 0.1) is 5.92 Å². The maximum absolute atomic E-state index is 12.9. The zero-order chi connectivity index (χ0) is 39.3. The van der Waals surface area contributed by atoms with Gasteiger partial charge >= 0.3 is 18.0 Å². The van der Waals surface area contributed by atoms with E-state index in [9.17, 15) is 14.4 Å². The van der Waals surface area contributed by atoms with Gasteiger partial charge < -0.3 is 34.1 Å². The molecule has 1 aliphatic carbocycles. The lowest BCUT2D eigenvalue weighted by atomic mass is 9.80. The van der Waals surface area contributed by atoms with Crippen LogP contribution in [0.3, 0.4) is 0 Å². The third kappa shape index (κ3) is 9.38. The number of carbonyl (C=O) groups excluding carboxylic acids is 2. The zero-order valence-electron chi connectivity index (χ0n) is 31.6. The Bertz CT molecular complexity index is 1970. The molecule has 1 atom stereocenters. The summed E-state index contributed by atoms with van der Waals surface area (Å²) in [5.74, 6) is -0.651. The predicted octanol–water partition coefficient (Wildman–Crippen LogP) is 8.36. The van der Waals surface area contributed by atoms with Gasteiger partial charge in [0, 0.05) is 18.4 Å². The number of carboxylic acids is 1. The summed E-state index contributed by atoms with van der Waals surface area (Å²) in [6, 6.07) is 41.7. The van der Waals surface area contributed by atoms with E-state index in [2.05, 4.69) is 29.6 Å². The van der Waals surface area contributed by atoms with Crippen molar-refractivity contribution in [3.05, 3.63) is 155 Å². The Morgan fingerprint density at radius 2 is 1.20 bits per heavy atom. The van der Waals surface area contributed by atoms with Crippen LogP contribution in [0.4, 0.5) is 4.79 Å². The molecule has 0 aromatic heterocycles. The highest BCUT2D eigenvalue weighted by Gasteiger charge is 2.39. The van der Waals surface area contributed by atoms with Crippen LogP contribution in [-0.4, -0.2) is 63.7 Å². The van der Waals surface area contributed by atoms with Crippen LogP contribution in [0.15, 0.2) is 127 Å². The number of nitrogens with one attached hydrogen (secondary N) is 1. The van der Waals surface area contributed by atoms with Crippen LogP contribution in [-0.2, 0) is 29.4 Å². The van der Waals surface area contributed by atoms with E-state index < -0.39 is 23.6 Å². The average molecular weight is 758 g/mol. The van der Waals surface area contributed by atoms with Crippen LogP contribution >= 0.6 is 0 Å². The number of carbonyl (C=O) groups is 3. The first-order valence-electron chi connectivity index (χ1n) is 18.8. The van der Waals surface area contributed by atoms with E-state index in [1.165, 1.54) is 0 Å². The van der Waals surface area contributed by atoms with E-state index in [1.54, 1.807) is 14.2 Å². The Labute approximate surface area is 327 Å². The molecular formula is C46H47NO9. The fourth-order valence-corrected chi connectivity index (χ4v) is 7.25. The molecule has 56 heavy (non-hydrogen) atoms. The van der Waals surface area contributed by atoms with Crippen molar-refractivity contribution in [1.29, 1.82) is 0 Å². The molecule has 1 aliphatic rings. The van der Waals surface area contributed by atoms with Crippen LogP contribution < -0.4 is 14.8 Å². The summed E-state index contributed by atoms with van der Waals surface area (Å²) in [6.07, 6.45) is -0.0178. The lowest BCUT2D eigenvalue weighted by molar-refractivity contribution is -0.149. The Morgan fingerprint density at radius 3 is 1.75 bits per heavy atom. The predicted molar refractivity (Wildman–Crippen MR) is 212 cm³/mol. The molecule has 0 bridgehead atoms. The number of benzene rings is 5. The molecule has 0 saturated heterocycles. The van der Waals surface area contributed by atoms with E-state index >= 15 is 0 Å². The molecule has 10 heteroatoms. The van der Waals surface area contributed by atoms with Crippen molar-refractivity contribution in [3.8, 4) is 22.6 Å². The highest BCUT2D eigenvalue weighted by Crippen LogP contribution is 2.45. The summed E-state index contributed by atoms with van der Waals surface area (Å²) in [6.45, 7) is 0.686. The van der Waals surface area contributed by atoms with Gasteiger partial charge in [0.15, 0.2) is 0 Å². The summed E-state index contributed by atoms with van der Waals surface area (Å²) in [5, 5.41) is 12.0. The summed E-state index contributed by atoms with van der Waals surface area (Å²) in [4.78, 5) is 36.6. The van der Waals surface area contributed by atoms with Gasteiger partial charge in [-0.15, -0.1) is 0 Å². The number of ether oxygens (including phenoxy) is 5. The SMILES string of the molecule is COc1ccc(C(OCC(CCCNC(=O)OCC2c3ccccc3-c3ccccc32)COC(=O)CCC(=O)O)(c2ccccc2)c2ccc(OC)cc2)cc1. The summed E-state index contributed by atoms with van der Waals surface area (Å²) < 4.78 is 29.4. The van der Waals surface area contributed by atoms with Gasteiger partial charge in [-0.2, -0.15) is 0 Å². The molecule has 6 rings (SSSR count). The van der Waals surface area contributed by atoms with E-state index in [-0.39, 0.29) is 44.5 Å². The van der Waals surface area contributed by atoms with Crippen molar-refractivity contribution in [1.82, 2.24) is 5.32 Å². The highest BCUT2D eigenvalue weighted by molar-refractivity contribution is 5.79. The third-order valence-corrected chi connectivity index (χ3v) is 10.1. The minimum absolute atomic E-state index is 0.000504. The van der Waals surface area contributed by atoms with Crippen molar-refractivity contribution >= 4 is 18.0 Å². The molecule has 5 aromatic carbocycles. The number of methoxy groups -OCH3 is 2. The van der Waals surface area contributed by atoms with E-state index in [1.807, 2.05) is 103 Å². The number of carboxylic acid groups (broad SMARTS) is 1. The van der Waals surface area contributed by atoms with Crippen LogP contribution in [0.1, 0.15) is 59.4 Å². The number of hydrogen-bond acceptors (Lipinski definition) is 8. The minimum atomic E-state index is -1.09. The Hall–Kier alpha value is -6.13. The number of fused-ring (bicyclic) bond motifs is 3. The molecule has 10 nitrogen and oxygen atoms in total. The van der Waals surface area contributed by atoms with Gasteiger partial charge in [-0.25, -0.2) is 4.79 Å². The topological polar surface area (TPSA) is 130 Å². The van der Waals surface area contributed by atoms with E-state index in [0.29, 0.717) is 30.9 Å². The number of esters is 1. The first-order valence-corrected chi connectivity index (χ1v) is 18.8. The van der Waals surface area contributed by atoms with Gasteiger partial charge in [-0.05, 0) is 76.1 Å². The second-order valence-electron chi connectivity index (χ2n) is 13.7. The molecular weight excluding hydrogens is 711 g/mol. The van der Waals surface area contributed by atoms with Crippen molar-refractivity contribution in [2.24, 2.45) is 5.92 Å². The van der Waals surface area contributed by atoms with Gasteiger partial charge in [0.1, 0.15) is 23.7 Å². The maximum atomic E-state index is 12.9. The minimum Gasteiger partial charge on any atom is -0.497 e. The Morgan fingerprint density at radius 1 is 0.661 bits per heavy atom. The second kappa shape index (κ2) is 19.0. The fraction of sp³-hybridized carbons (Fsp3) is 0.283. The van der Waals surface area contributed by atoms with Gasteiger partial charge in [0.2, 0.25) is 0 Å². The number of rotatable bonds is 19. The molecule has 0 saturated carbocycles. The Balaban J connectivity index is 1.17. The number of aliphatic carboxylic acids is 1. The molecule has 1 unspecified atom stereocenters. The first kappa shape index (κ1) is 39.6. The summed E-state index contributed by atoms with van der Waals surface area (Å²) in [7, 11) is 3.23. The molecule has 2 N–H and O–H groups in total. The fourth-order valence-electron chi connectivity index (χ4n) is 7.25. The molecule has 0 radical (unpaired) electrons. The van der Waals surface area contributed by atoms with Crippen LogP contribution in [0.25, 0.3) is 11.1 Å². The monoisotopic (exact) mass is 757 g/mol. The highest BCUT2D eigenvalue weighted by atomic mass is 16.6. The van der Waals surface area contributed by atoms with Gasteiger partial charge in [0.05, 0.1) is 40.3 Å². The standard InChI is InChI=1S/C46H47NO9/c1-52-36-22-18-34(19-23-36)46(33-12-4-3-5-13-33,35-20-24-37(53-2)25-21-35)56-30-32(29-54-44(50)27-26-43(48)49)11-10-28-47-45(51)55-31-42-40-16-8-6-14-38(40)39-15-7-9-17-41(39)42/h3-9,12-25,32,42H,10-11,26-31H2,1-2H3,(H,47,51)(H,48,49). The average Bonchev–Trinajstić information content (AvgIpc) is 3.56. The van der Waals surface area contributed by atoms with Gasteiger partial charge in [-0.3, -0.25) is 9.59 Å². The van der Waals surface area contributed by atoms with Crippen molar-refractivity contribution in [2.45, 2.75) is 37.2 Å². The van der Waals surface area contributed by atoms with E-state index in [4.69, 9.17) is 28.8 Å². The zero-order valence-corrected chi connectivity index (χ0v) is 31.6. The summed E-state index contributed by atoms with van der Waals surface area (Å²) >= 11 is 0. The van der Waals surface area contributed by atoms with Crippen molar-refractivity contribution in [2.75, 3.05) is 40.6 Å². The largest absolute Gasteiger partial charge is 0.497 e. The third-order valence-electron chi connectivity index (χ3n) is 10.1. The normalized spacial score (nSPS) is 12.5. The first-order chi connectivity index (χ1) is 27.3. The van der Waals surface area contributed by atoms with Gasteiger partial charge in [-0.1, -0.05) is 103 Å². The van der Waals surface area contributed by atoms with Crippen molar-refractivity contribution < 1.29 is 43.2 Å². The number of amides is 1. The smallest absolute Gasteiger partial charge is 0.407 e.